The molecule has 0 spiro atoms. The van der Waals surface area contributed by atoms with Crippen molar-refractivity contribution < 1.29 is 9.59 Å². The van der Waals surface area contributed by atoms with Gasteiger partial charge in [0.2, 0.25) is 0 Å². The smallest absolute Gasteiger partial charge is 0.160 e. The van der Waals surface area contributed by atoms with Crippen LogP contribution in [0.3, 0.4) is 0 Å². The van der Waals surface area contributed by atoms with Gasteiger partial charge in [0.25, 0.3) is 0 Å². The van der Waals surface area contributed by atoms with Gasteiger partial charge in [0, 0.05) is 11.1 Å². The fourth-order valence-electron chi connectivity index (χ4n) is 19.5. The molecule has 0 radical (unpaired) electrons. The number of hydrogen-bond acceptors (Lipinski definition) is 6. The second-order valence-corrected chi connectivity index (χ2v) is 39.3. The van der Waals surface area contributed by atoms with Crippen LogP contribution in [0.15, 0.2) is 84.9 Å². The van der Waals surface area contributed by atoms with Crippen molar-refractivity contribution >= 4 is 67.3 Å². The molecule has 0 N–H and O–H groups in total. The Morgan fingerprint density at radius 2 is 0.393 bits per heavy atom. The number of thiophene rings is 4. The monoisotopic (exact) mass is 1590 g/mol. The van der Waals surface area contributed by atoms with Gasteiger partial charge in [-0.05, 0) is 193 Å². The summed E-state index contributed by atoms with van der Waals surface area (Å²) in [7, 11) is 0. The van der Waals surface area contributed by atoms with E-state index in [0.717, 1.165) is 61.1 Å². The van der Waals surface area contributed by atoms with Gasteiger partial charge in [0.15, 0.2) is 12.6 Å². The van der Waals surface area contributed by atoms with E-state index in [-0.39, 0.29) is 0 Å². The quantitative estimate of drug-likeness (QED) is 0.0281. The van der Waals surface area contributed by atoms with Crippen LogP contribution < -0.4 is 0 Å². The van der Waals surface area contributed by atoms with Crippen molar-refractivity contribution in [1.82, 2.24) is 0 Å². The maximum atomic E-state index is 14.0. The van der Waals surface area contributed by atoms with Crippen molar-refractivity contribution in [3.63, 3.8) is 0 Å². The molecule has 4 aromatic heterocycles. The Labute approximate surface area is 700 Å². The maximum Gasteiger partial charge on any atom is 0.160 e. The third-order valence-corrected chi connectivity index (χ3v) is 30.7. The zero-order chi connectivity index (χ0) is 78.6. The lowest BCUT2D eigenvalue weighted by molar-refractivity contribution is 0.111. The van der Waals surface area contributed by atoms with Crippen LogP contribution in [0.5, 0.6) is 0 Å². The Balaban J connectivity index is 1.30. The first-order chi connectivity index (χ1) is 55.2. The van der Waals surface area contributed by atoms with Crippen molar-refractivity contribution in [2.45, 2.75) is 426 Å². The molecule has 0 saturated heterocycles. The van der Waals surface area contributed by atoms with E-state index < -0.39 is 10.8 Å². The van der Waals surface area contributed by atoms with Gasteiger partial charge in [-0.15, -0.1) is 45.3 Å². The molecule has 0 unspecified atom stereocenters. The number of carbonyl (C=O) groups excluding carboxylic acids is 2. The summed E-state index contributed by atoms with van der Waals surface area (Å²) in [6, 6.07) is 37.2. The van der Waals surface area contributed by atoms with Crippen LogP contribution in [-0.2, 0) is 62.2 Å². The highest BCUT2D eigenvalue weighted by atomic mass is 32.1. The van der Waals surface area contributed by atoms with Crippen LogP contribution in [0.1, 0.15) is 472 Å². The van der Waals surface area contributed by atoms with Gasteiger partial charge in [0.1, 0.15) is 0 Å². The molecule has 4 heterocycles. The predicted octanol–water partition coefficient (Wildman–Crippen LogP) is 34.7. The number of fused-ring (bicyclic) bond motifs is 9. The van der Waals surface area contributed by atoms with Crippen LogP contribution in [0, 0.1) is 0 Å². The third kappa shape index (κ3) is 23.8. The highest BCUT2D eigenvalue weighted by Gasteiger charge is 2.56. The third-order valence-electron chi connectivity index (χ3n) is 25.7. The lowest BCUT2D eigenvalue weighted by atomic mass is 9.65. The Morgan fingerprint density at radius 1 is 0.214 bits per heavy atom. The zero-order valence-electron chi connectivity index (χ0n) is 72.3. The van der Waals surface area contributed by atoms with Gasteiger partial charge in [-0.2, -0.15) is 0 Å². The van der Waals surface area contributed by atoms with E-state index in [0.29, 0.717) is 0 Å². The molecule has 4 aromatic carbocycles. The van der Waals surface area contributed by atoms with E-state index >= 15 is 0 Å². The number of rotatable bonds is 62. The Kier molecular flexibility index (Phi) is 39.1. The molecule has 0 bridgehead atoms. The highest BCUT2D eigenvalue weighted by Crippen LogP contribution is 2.70. The summed E-state index contributed by atoms with van der Waals surface area (Å²) in [6.45, 7) is 18.8. The van der Waals surface area contributed by atoms with Crippen LogP contribution in [0.25, 0.3) is 28.9 Å². The van der Waals surface area contributed by atoms with Crippen molar-refractivity contribution in [2.24, 2.45) is 0 Å². The summed E-state index contributed by atoms with van der Waals surface area (Å²) >= 11 is 7.74. The molecule has 112 heavy (non-hydrogen) atoms. The first-order valence-electron chi connectivity index (χ1n) is 47.5. The summed E-state index contributed by atoms with van der Waals surface area (Å²) in [5.41, 5.74) is 21.8. The lowest BCUT2D eigenvalue weighted by Crippen LogP contribution is -2.30. The molecule has 0 fully saturated rings. The first kappa shape index (κ1) is 89.6. The zero-order valence-corrected chi connectivity index (χ0v) is 75.6. The normalized spacial score (nSPS) is 13.2. The minimum atomic E-state index is -0.698. The van der Waals surface area contributed by atoms with E-state index in [1.165, 1.54) is 439 Å². The minimum absolute atomic E-state index is 0.698. The van der Waals surface area contributed by atoms with Crippen LogP contribution in [-0.4, -0.2) is 12.6 Å². The molecule has 612 valence electrons. The molecule has 0 saturated carbocycles. The van der Waals surface area contributed by atoms with Gasteiger partial charge in [-0.3, -0.25) is 9.59 Å². The van der Waals surface area contributed by atoms with E-state index in [9.17, 15) is 9.59 Å². The fraction of sp³-hybridized carbons (Fsp3) is 0.623. The maximum absolute atomic E-state index is 14.0. The number of aryl methyl sites for hydroxylation is 8. The molecule has 10 rings (SSSR count). The van der Waals surface area contributed by atoms with Gasteiger partial charge >= 0.3 is 0 Å². The predicted molar refractivity (Wildman–Crippen MR) is 497 cm³/mol. The van der Waals surface area contributed by atoms with Crippen molar-refractivity contribution in [3.8, 4) is 19.5 Å². The molecule has 0 aliphatic heterocycles. The Bertz CT molecular complexity index is 3500. The van der Waals surface area contributed by atoms with Gasteiger partial charge < -0.3 is 0 Å². The Hall–Kier alpha value is -4.72. The first-order valence-corrected chi connectivity index (χ1v) is 50.8. The molecule has 0 atom stereocenters. The van der Waals surface area contributed by atoms with E-state index in [1.54, 1.807) is 22.7 Å². The van der Waals surface area contributed by atoms with E-state index in [1.807, 2.05) is 0 Å². The topological polar surface area (TPSA) is 34.1 Å². The molecule has 8 aromatic rings. The largest absolute Gasteiger partial charge is 0.297 e. The second-order valence-electron chi connectivity index (χ2n) is 35.1. The SMILES string of the molecule is CCCCCCCCc1cc(CCCCCCCC)cc(C2(c3cc(CCCCCCCC)cc(CCCCCCCC)c3)c3cc(C=O)sc3-c3sc4c5c(sc4c32)-c2sc(C=O)cc2C5(c2cc(CCCCCCCC)cc(CCCCCCCC)c2)c2cc(CCCCCCCC)cc(CCCCCCCC)c2)c1. The molecule has 2 aliphatic carbocycles. The summed E-state index contributed by atoms with van der Waals surface area (Å²) in [4.78, 5) is 35.1. The average Bonchev–Trinajstić information content (AvgIpc) is 1.48. The van der Waals surface area contributed by atoms with Crippen LogP contribution in [0.4, 0.5) is 0 Å². The molecule has 2 nitrogen and oxygen atoms in total. The number of hydrogen-bond donors (Lipinski definition) is 0. The summed E-state index contributed by atoms with van der Waals surface area (Å²) < 4.78 is 2.86. The average molecular weight is 1590 g/mol. The van der Waals surface area contributed by atoms with Crippen molar-refractivity contribution in [3.05, 3.63) is 184 Å². The summed E-state index contributed by atoms with van der Waals surface area (Å²) in [5.74, 6) is 0. The molecule has 6 heteroatoms. The second kappa shape index (κ2) is 48.9. The standard InChI is InChI=1S/C106H152O2S4/c1-9-17-25-33-41-49-57-81-65-82(58-50-42-34-26-18-10-2)70-89(69-81)105(90-71-83(59-51-43-35-27-19-11-3)66-84(72-90)60-52-44-36-28-20-12-4)95-77-93(79-107)109-99(95)101-97(105)103-104(111-101)98-102(112-103)100-96(78-94(80-108)110-100)106(98,91-73-85(61-53-45-37-29-21-13-5)67-86(74-91)62-54-46-38-30-22-14-6)92-75-87(63-55-47-39-31-23-15-7)68-88(76-92)64-56-48-40-32-24-16-8/h65-80H,9-64H2,1-8H3. The summed E-state index contributed by atoms with van der Waals surface area (Å²) in [5, 5.41) is 0. The number of aldehydes is 2. The van der Waals surface area contributed by atoms with Crippen molar-refractivity contribution in [1.29, 1.82) is 0 Å². The van der Waals surface area contributed by atoms with Gasteiger partial charge in [-0.1, -0.05) is 385 Å². The fourth-order valence-corrected chi connectivity index (χ4v) is 25.0. The van der Waals surface area contributed by atoms with Gasteiger partial charge in [0.05, 0.1) is 49.5 Å². The van der Waals surface area contributed by atoms with E-state index in [2.05, 4.69) is 163 Å². The van der Waals surface area contributed by atoms with Crippen LogP contribution >= 0.6 is 45.3 Å². The molecular weight excluding hydrogens is 1430 g/mol. The molecule has 2 aliphatic rings. The molecular formula is C106H152O2S4. The van der Waals surface area contributed by atoms with Crippen molar-refractivity contribution in [2.75, 3.05) is 0 Å². The summed E-state index contributed by atoms with van der Waals surface area (Å²) in [6.07, 6.45) is 72.4. The van der Waals surface area contributed by atoms with Gasteiger partial charge in [-0.25, -0.2) is 0 Å². The number of benzene rings is 4. The molecule has 0 amide bonds. The van der Waals surface area contributed by atoms with E-state index in [4.69, 9.17) is 0 Å². The number of carbonyl (C=O) groups is 2. The lowest BCUT2D eigenvalue weighted by Gasteiger charge is -2.35. The number of unbranched alkanes of at least 4 members (excludes halogenated alkanes) is 40. The Morgan fingerprint density at radius 3 is 0.571 bits per heavy atom. The highest BCUT2D eigenvalue weighted by molar-refractivity contribution is 7.34. The van der Waals surface area contributed by atoms with Crippen LogP contribution in [0.2, 0.25) is 0 Å². The minimum Gasteiger partial charge on any atom is -0.297 e.